The average Bonchev–Trinajstić information content (AvgIpc) is 2.81. The molecule has 0 aromatic heterocycles. The predicted octanol–water partition coefficient (Wildman–Crippen LogP) is 4.52. The van der Waals surface area contributed by atoms with Gasteiger partial charge < -0.3 is 24.4 Å². The average molecular weight is 468 g/mol. The predicted molar refractivity (Wildman–Crippen MR) is 138 cm³/mol. The number of benzene rings is 2. The fraction of sp³-hybridized carbons (Fsp3) is 0.536. The summed E-state index contributed by atoms with van der Waals surface area (Å²) in [5, 5.41) is 12.4. The first-order valence-corrected chi connectivity index (χ1v) is 12.0. The lowest BCUT2D eigenvalue weighted by Gasteiger charge is -2.28. The van der Waals surface area contributed by atoms with E-state index in [9.17, 15) is 0 Å². The van der Waals surface area contributed by atoms with Gasteiger partial charge in [-0.1, -0.05) is 13.0 Å². The molecule has 34 heavy (non-hydrogen) atoms. The SMILES string of the molecule is COc1cc(CC#N)c(CCNCCCN(C)C)cc1C.COc1cc2c(cc1OC)C(C)C2. The topological polar surface area (TPSA) is 66.8 Å². The van der Waals surface area contributed by atoms with Gasteiger partial charge in [0.25, 0.3) is 0 Å². The highest BCUT2D eigenvalue weighted by Crippen LogP contribution is 2.41. The Kier molecular flexibility index (Phi) is 11.2. The van der Waals surface area contributed by atoms with E-state index in [0.29, 0.717) is 12.3 Å². The number of methoxy groups -OCH3 is 3. The lowest BCUT2D eigenvalue weighted by molar-refractivity contribution is 0.352. The number of nitriles is 1. The first-order valence-electron chi connectivity index (χ1n) is 12.0. The van der Waals surface area contributed by atoms with Gasteiger partial charge in [-0.15, -0.1) is 0 Å². The van der Waals surface area contributed by atoms with E-state index in [1.54, 1.807) is 21.3 Å². The number of ether oxygens (including phenoxy) is 3. The maximum Gasteiger partial charge on any atom is 0.161 e. The molecule has 6 nitrogen and oxygen atoms in total. The zero-order valence-electron chi connectivity index (χ0n) is 22.0. The summed E-state index contributed by atoms with van der Waals surface area (Å²) in [6.45, 7) is 7.35. The van der Waals surface area contributed by atoms with Crippen LogP contribution < -0.4 is 19.5 Å². The quantitative estimate of drug-likeness (QED) is 0.490. The van der Waals surface area contributed by atoms with Crippen molar-refractivity contribution in [3.63, 3.8) is 0 Å². The fourth-order valence-electron chi connectivity index (χ4n) is 4.24. The van der Waals surface area contributed by atoms with Crippen LogP contribution >= 0.6 is 0 Å². The lowest BCUT2D eigenvalue weighted by Crippen LogP contribution is -2.23. The molecule has 1 aliphatic rings. The molecule has 1 N–H and O–H groups in total. The van der Waals surface area contributed by atoms with Crippen molar-refractivity contribution in [1.29, 1.82) is 5.26 Å². The molecular weight excluding hydrogens is 426 g/mol. The Balaban J connectivity index is 0.000000266. The van der Waals surface area contributed by atoms with Gasteiger partial charge in [0.05, 0.1) is 33.8 Å². The number of nitrogens with zero attached hydrogens (tertiary/aromatic N) is 2. The van der Waals surface area contributed by atoms with Crippen LogP contribution in [0.2, 0.25) is 0 Å². The Labute approximate surface area is 205 Å². The second-order valence-electron chi connectivity index (χ2n) is 9.09. The third-order valence-electron chi connectivity index (χ3n) is 6.22. The summed E-state index contributed by atoms with van der Waals surface area (Å²) in [4.78, 5) is 2.19. The maximum atomic E-state index is 8.96. The third kappa shape index (κ3) is 7.65. The van der Waals surface area contributed by atoms with Crippen molar-refractivity contribution in [1.82, 2.24) is 10.2 Å². The standard InChI is InChI=1S/C17H27N3O.C11H14O2/c1-14-12-16(7-10-19-9-5-11-20(2)3)15(6-8-18)13-17(14)21-4;1-7-4-8-5-10(12-2)11(13-3)6-9(7)8/h12-13,19H,5-7,9-11H2,1-4H3;5-7H,4H2,1-3H3. The molecule has 0 radical (unpaired) electrons. The minimum absolute atomic E-state index is 0.437. The van der Waals surface area contributed by atoms with Crippen LogP contribution in [0.15, 0.2) is 24.3 Å². The maximum absolute atomic E-state index is 8.96. The Morgan fingerprint density at radius 1 is 0.971 bits per heavy atom. The van der Waals surface area contributed by atoms with Crippen molar-refractivity contribution in [2.24, 2.45) is 0 Å². The molecule has 186 valence electrons. The van der Waals surface area contributed by atoms with E-state index in [-0.39, 0.29) is 0 Å². The van der Waals surface area contributed by atoms with Gasteiger partial charge >= 0.3 is 0 Å². The molecule has 2 aromatic rings. The first kappa shape index (κ1) is 27.5. The van der Waals surface area contributed by atoms with Crippen LogP contribution in [-0.2, 0) is 19.3 Å². The van der Waals surface area contributed by atoms with Gasteiger partial charge in [0, 0.05) is 0 Å². The number of hydrogen-bond donors (Lipinski definition) is 1. The minimum Gasteiger partial charge on any atom is -0.496 e. The molecule has 0 aliphatic heterocycles. The van der Waals surface area contributed by atoms with Crippen LogP contribution in [0.5, 0.6) is 17.2 Å². The summed E-state index contributed by atoms with van der Waals surface area (Å²) in [6.07, 6.45) is 3.70. The van der Waals surface area contributed by atoms with Crippen LogP contribution in [0, 0.1) is 18.3 Å². The van der Waals surface area contributed by atoms with E-state index in [4.69, 9.17) is 19.5 Å². The molecular formula is C28H41N3O3. The van der Waals surface area contributed by atoms with Gasteiger partial charge in [-0.2, -0.15) is 5.26 Å². The van der Waals surface area contributed by atoms with Crippen molar-refractivity contribution in [2.45, 2.75) is 45.4 Å². The lowest BCUT2D eigenvalue weighted by atomic mass is 9.78. The molecule has 0 heterocycles. The summed E-state index contributed by atoms with van der Waals surface area (Å²) in [5.41, 5.74) is 6.24. The van der Waals surface area contributed by atoms with E-state index >= 15 is 0 Å². The Hall–Kier alpha value is -2.75. The number of rotatable bonds is 11. The molecule has 0 spiro atoms. The largest absolute Gasteiger partial charge is 0.496 e. The van der Waals surface area contributed by atoms with E-state index in [1.165, 1.54) is 16.7 Å². The van der Waals surface area contributed by atoms with Crippen LogP contribution in [0.4, 0.5) is 0 Å². The van der Waals surface area contributed by atoms with E-state index < -0.39 is 0 Å². The molecule has 1 aliphatic carbocycles. The van der Waals surface area contributed by atoms with Gasteiger partial charge in [-0.3, -0.25) is 0 Å². The van der Waals surface area contributed by atoms with Crippen LogP contribution in [0.25, 0.3) is 0 Å². The highest BCUT2D eigenvalue weighted by molar-refractivity contribution is 5.52. The summed E-state index contributed by atoms with van der Waals surface area (Å²) in [5.74, 6) is 3.22. The Morgan fingerprint density at radius 2 is 1.65 bits per heavy atom. The van der Waals surface area contributed by atoms with Gasteiger partial charge in [0.15, 0.2) is 11.5 Å². The van der Waals surface area contributed by atoms with Gasteiger partial charge in [0.2, 0.25) is 0 Å². The molecule has 0 saturated carbocycles. The monoisotopic (exact) mass is 467 g/mol. The highest BCUT2D eigenvalue weighted by Gasteiger charge is 2.24. The highest BCUT2D eigenvalue weighted by atomic mass is 16.5. The number of hydrogen-bond acceptors (Lipinski definition) is 6. The molecule has 0 bridgehead atoms. The summed E-state index contributed by atoms with van der Waals surface area (Å²) in [7, 11) is 9.20. The zero-order valence-corrected chi connectivity index (χ0v) is 22.0. The molecule has 6 heteroatoms. The molecule has 0 fully saturated rings. The Morgan fingerprint density at radius 3 is 2.24 bits per heavy atom. The van der Waals surface area contributed by atoms with Gasteiger partial charge in [0.1, 0.15) is 5.75 Å². The van der Waals surface area contributed by atoms with E-state index in [1.807, 2.05) is 13.0 Å². The fourth-order valence-corrected chi connectivity index (χ4v) is 4.24. The summed E-state index contributed by atoms with van der Waals surface area (Å²) < 4.78 is 15.8. The van der Waals surface area contributed by atoms with Crippen molar-refractivity contribution in [3.05, 3.63) is 52.1 Å². The van der Waals surface area contributed by atoms with E-state index in [0.717, 1.165) is 67.3 Å². The van der Waals surface area contributed by atoms with Crippen LogP contribution in [0.1, 0.15) is 47.1 Å². The summed E-state index contributed by atoms with van der Waals surface area (Å²) in [6, 6.07) is 10.5. The number of nitrogens with one attached hydrogen (secondary N) is 1. The number of fused-ring (bicyclic) bond motifs is 1. The molecule has 0 amide bonds. The van der Waals surface area contributed by atoms with Crippen molar-refractivity contribution in [2.75, 3.05) is 55.1 Å². The zero-order chi connectivity index (χ0) is 25.1. The normalized spacial score (nSPS) is 13.8. The Bertz CT molecular complexity index is 966. The van der Waals surface area contributed by atoms with Crippen LogP contribution in [-0.4, -0.2) is 60.0 Å². The molecule has 1 atom stereocenters. The number of aryl methyl sites for hydroxylation is 1. The smallest absolute Gasteiger partial charge is 0.161 e. The third-order valence-corrected chi connectivity index (χ3v) is 6.22. The van der Waals surface area contributed by atoms with E-state index in [2.05, 4.69) is 55.5 Å². The van der Waals surface area contributed by atoms with Crippen LogP contribution in [0.3, 0.4) is 0 Å². The van der Waals surface area contributed by atoms with Crippen molar-refractivity contribution >= 4 is 0 Å². The second kappa shape index (κ2) is 13.8. The summed E-state index contributed by atoms with van der Waals surface area (Å²) >= 11 is 0. The second-order valence-corrected chi connectivity index (χ2v) is 9.09. The van der Waals surface area contributed by atoms with Crippen molar-refractivity contribution < 1.29 is 14.2 Å². The molecule has 1 unspecified atom stereocenters. The minimum atomic E-state index is 0.437. The van der Waals surface area contributed by atoms with Crippen molar-refractivity contribution in [3.8, 4) is 23.3 Å². The molecule has 0 saturated heterocycles. The molecule has 2 aromatic carbocycles. The van der Waals surface area contributed by atoms with Gasteiger partial charge in [-0.25, -0.2) is 0 Å². The first-order chi connectivity index (χ1) is 16.3. The molecule has 3 rings (SSSR count). The van der Waals surface area contributed by atoms with Gasteiger partial charge in [-0.05, 0) is 112 Å².